The summed E-state index contributed by atoms with van der Waals surface area (Å²) in [5, 5.41) is 0.335. The highest BCUT2D eigenvalue weighted by Gasteiger charge is 2.25. The van der Waals surface area contributed by atoms with Crippen LogP contribution in [-0.2, 0) is 16.7 Å². The van der Waals surface area contributed by atoms with Gasteiger partial charge >= 0.3 is 10.1 Å². The Bertz CT molecular complexity index is 1270. The number of rotatable bonds is 10. The minimum absolute atomic E-state index is 0.100. The SMILES string of the molecule is CCN(CC)c1ccc(CN(C(=O)c2ccco2)C(C)C)c(OS(=O)(=O)c2ccc(Cl)c(Cl)c2)c1. The molecule has 10 heteroatoms. The van der Waals surface area contributed by atoms with E-state index >= 15 is 0 Å². The minimum Gasteiger partial charge on any atom is -0.459 e. The fourth-order valence-corrected chi connectivity index (χ4v) is 4.90. The van der Waals surface area contributed by atoms with Crippen molar-refractivity contribution >= 4 is 44.9 Å². The van der Waals surface area contributed by atoms with E-state index in [0.29, 0.717) is 5.56 Å². The maximum absolute atomic E-state index is 13.1. The van der Waals surface area contributed by atoms with Crippen LogP contribution in [0.4, 0.5) is 5.69 Å². The van der Waals surface area contributed by atoms with Crippen LogP contribution < -0.4 is 9.08 Å². The topological polar surface area (TPSA) is 80.1 Å². The van der Waals surface area contributed by atoms with Crippen molar-refractivity contribution in [1.29, 1.82) is 0 Å². The number of hydrogen-bond donors (Lipinski definition) is 0. The molecule has 0 aliphatic heterocycles. The van der Waals surface area contributed by atoms with Gasteiger partial charge in [0.25, 0.3) is 5.91 Å². The van der Waals surface area contributed by atoms with Crippen molar-refractivity contribution in [2.75, 3.05) is 18.0 Å². The lowest BCUT2D eigenvalue weighted by Crippen LogP contribution is -2.36. The Balaban J connectivity index is 2.04. The highest BCUT2D eigenvalue weighted by Crippen LogP contribution is 2.32. The molecule has 1 aromatic heterocycles. The molecule has 3 aromatic rings. The van der Waals surface area contributed by atoms with Crippen molar-refractivity contribution in [3.05, 3.63) is 76.2 Å². The summed E-state index contributed by atoms with van der Waals surface area (Å²) >= 11 is 12.0. The standard InChI is InChI=1S/C25H28Cl2N2O5S/c1-5-28(6-2)19-10-9-18(16-29(17(3)4)25(30)23-8-7-13-33-23)24(14-19)34-35(31,32)20-11-12-21(26)22(27)15-20/h7-15,17H,5-6,16H2,1-4H3. The molecule has 2 aromatic carbocycles. The largest absolute Gasteiger partial charge is 0.459 e. The second-order valence-corrected chi connectivity index (χ2v) is 10.4. The van der Waals surface area contributed by atoms with Gasteiger partial charge in [-0.15, -0.1) is 0 Å². The smallest absolute Gasteiger partial charge is 0.339 e. The Morgan fingerprint density at radius 3 is 2.31 bits per heavy atom. The monoisotopic (exact) mass is 538 g/mol. The van der Waals surface area contributed by atoms with E-state index in [1.807, 2.05) is 33.8 Å². The maximum atomic E-state index is 13.1. The van der Waals surface area contributed by atoms with Crippen LogP contribution in [-0.4, -0.2) is 38.4 Å². The van der Waals surface area contributed by atoms with Crippen LogP contribution in [0.25, 0.3) is 0 Å². The normalized spacial score (nSPS) is 11.5. The van der Waals surface area contributed by atoms with Gasteiger partial charge in [0.1, 0.15) is 10.6 Å². The van der Waals surface area contributed by atoms with Crippen molar-refractivity contribution in [1.82, 2.24) is 4.90 Å². The molecular weight excluding hydrogens is 511 g/mol. The number of nitrogens with zero attached hydrogens (tertiary/aromatic N) is 2. The summed E-state index contributed by atoms with van der Waals surface area (Å²) < 4.78 is 37.2. The molecule has 3 rings (SSSR count). The molecule has 1 heterocycles. The first-order valence-electron chi connectivity index (χ1n) is 11.2. The molecule has 35 heavy (non-hydrogen) atoms. The van der Waals surface area contributed by atoms with Crippen LogP contribution in [0.15, 0.2) is 64.1 Å². The van der Waals surface area contributed by atoms with Crippen LogP contribution in [0.5, 0.6) is 5.75 Å². The third-order valence-electron chi connectivity index (χ3n) is 5.52. The van der Waals surface area contributed by atoms with Crippen LogP contribution >= 0.6 is 23.2 Å². The molecule has 0 unspecified atom stereocenters. The zero-order chi connectivity index (χ0) is 25.8. The fourth-order valence-electron chi connectivity index (χ4n) is 3.55. The van der Waals surface area contributed by atoms with Gasteiger partial charge in [0, 0.05) is 36.4 Å². The maximum Gasteiger partial charge on any atom is 0.339 e. The van der Waals surface area contributed by atoms with E-state index in [9.17, 15) is 13.2 Å². The third kappa shape index (κ3) is 6.31. The fraction of sp³-hybridized carbons (Fsp3) is 0.320. The number of carbonyl (C=O) groups is 1. The first kappa shape index (κ1) is 26.9. The van der Waals surface area contributed by atoms with Gasteiger partial charge in [-0.1, -0.05) is 29.3 Å². The first-order valence-corrected chi connectivity index (χ1v) is 13.4. The number of amides is 1. The van der Waals surface area contributed by atoms with E-state index in [-0.39, 0.29) is 44.9 Å². The van der Waals surface area contributed by atoms with Crippen molar-refractivity contribution in [3.63, 3.8) is 0 Å². The van der Waals surface area contributed by atoms with E-state index < -0.39 is 10.1 Å². The van der Waals surface area contributed by atoms with Crippen molar-refractivity contribution in [2.24, 2.45) is 0 Å². The average Bonchev–Trinajstić information content (AvgIpc) is 3.35. The van der Waals surface area contributed by atoms with Gasteiger partial charge in [-0.2, -0.15) is 8.42 Å². The molecule has 0 saturated heterocycles. The van der Waals surface area contributed by atoms with E-state index in [1.165, 1.54) is 24.5 Å². The van der Waals surface area contributed by atoms with Gasteiger partial charge in [0.15, 0.2) is 5.76 Å². The molecule has 0 bridgehead atoms. The predicted molar refractivity (Wildman–Crippen MR) is 138 cm³/mol. The first-order chi connectivity index (χ1) is 16.6. The Morgan fingerprint density at radius 1 is 1.03 bits per heavy atom. The van der Waals surface area contributed by atoms with Gasteiger partial charge in [0.05, 0.1) is 22.9 Å². The van der Waals surface area contributed by atoms with Crippen molar-refractivity contribution in [2.45, 2.75) is 45.2 Å². The summed E-state index contributed by atoms with van der Waals surface area (Å²) in [6, 6.07) is 12.4. The molecule has 0 radical (unpaired) electrons. The molecule has 0 saturated carbocycles. The van der Waals surface area contributed by atoms with Gasteiger partial charge < -0.3 is 18.4 Å². The molecule has 188 valence electrons. The zero-order valence-corrected chi connectivity index (χ0v) is 22.3. The van der Waals surface area contributed by atoms with Crippen molar-refractivity contribution in [3.8, 4) is 5.75 Å². The van der Waals surface area contributed by atoms with Gasteiger partial charge in [-0.05, 0) is 64.1 Å². The Labute approximate surface area is 216 Å². The predicted octanol–water partition coefficient (Wildman–Crippen LogP) is 6.25. The van der Waals surface area contributed by atoms with Crippen LogP contribution in [0.3, 0.4) is 0 Å². The number of hydrogen-bond acceptors (Lipinski definition) is 6. The molecule has 0 spiro atoms. The van der Waals surface area contributed by atoms with Gasteiger partial charge in [0.2, 0.25) is 0 Å². The lowest BCUT2D eigenvalue weighted by atomic mass is 10.1. The van der Waals surface area contributed by atoms with E-state index in [0.717, 1.165) is 18.8 Å². The summed E-state index contributed by atoms with van der Waals surface area (Å²) in [4.78, 5) is 16.6. The summed E-state index contributed by atoms with van der Waals surface area (Å²) in [6.07, 6.45) is 1.43. The molecule has 0 atom stereocenters. The van der Waals surface area contributed by atoms with E-state index in [2.05, 4.69) is 4.90 Å². The molecule has 0 N–H and O–H groups in total. The van der Waals surface area contributed by atoms with Gasteiger partial charge in [-0.25, -0.2) is 0 Å². The Morgan fingerprint density at radius 2 is 1.74 bits per heavy atom. The number of carbonyl (C=O) groups excluding carboxylic acids is 1. The molecular formula is C25H28Cl2N2O5S. The second kappa shape index (κ2) is 11.4. The summed E-state index contributed by atoms with van der Waals surface area (Å²) in [6.45, 7) is 9.33. The molecule has 0 aliphatic carbocycles. The average molecular weight is 539 g/mol. The number of furan rings is 1. The second-order valence-electron chi connectivity index (χ2n) is 8.08. The molecule has 7 nitrogen and oxygen atoms in total. The van der Waals surface area contributed by atoms with Crippen LogP contribution in [0, 0.1) is 0 Å². The highest BCUT2D eigenvalue weighted by atomic mass is 35.5. The summed E-state index contributed by atoms with van der Waals surface area (Å²) in [5.74, 6) is 0.0128. The quantitative estimate of drug-likeness (QED) is 0.284. The Hall–Kier alpha value is -2.68. The molecule has 0 fully saturated rings. The number of benzene rings is 2. The summed E-state index contributed by atoms with van der Waals surface area (Å²) in [7, 11) is -4.23. The summed E-state index contributed by atoms with van der Waals surface area (Å²) in [5.41, 5.74) is 1.32. The molecule has 1 amide bonds. The van der Waals surface area contributed by atoms with Crippen LogP contribution in [0.2, 0.25) is 10.0 Å². The number of anilines is 1. The molecule has 0 aliphatic rings. The lowest BCUT2D eigenvalue weighted by Gasteiger charge is -2.28. The van der Waals surface area contributed by atoms with Gasteiger partial charge in [-0.3, -0.25) is 4.79 Å². The zero-order valence-electron chi connectivity index (χ0n) is 20.0. The van der Waals surface area contributed by atoms with E-state index in [4.69, 9.17) is 31.8 Å². The Kier molecular flexibility index (Phi) is 8.74. The van der Waals surface area contributed by atoms with Crippen molar-refractivity contribution < 1.29 is 21.8 Å². The third-order valence-corrected chi connectivity index (χ3v) is 7.48. The van der Waals surface area contributed by atoms with E-state index in [1.54, 1.807) is 29.2 Å². The lowest BCUT2D eigenvalue weighted by molar-refractivity contribution is 0.0657. The highest BCUT2D eigenvalue weighted by molar-refractivity contribution is 7.87. The van der Waals surface area contributed by atoms with Crippen LogP contribution in [0.1, 0.15) is 43.8 Å². The minimum atomic E-state index is -4.23. The number of halogens is 2.